The van der Waals surface area contributed by atoms with Crippen LogP contribution in [0.15, 0.2) is 16.8 Å². The topological polar surface area (TPSA) is 76.1 Å². The third-order valence-electron chi connectivity index (χ3n) is 2.91. The number of nitrogens with zero attached hydrogens (tertiary/aromatic N) is 1. The van der Waals surface area contributed by atoms with Crippen molar-refractivity contribution in [3.8, 4) is 0 Å². The lowest BCUT2D eigenvalue weighted by Gasteiger charge is -2.27. The van der Waals surface area contributed by atoms with E-state index >= 15 is 0 Å². The molecule has 0 aromatic carbocycles. The Hall–Kier alpha value is -0.720. The smallest absolute Gasteiger partial charge is 0.308 e. The highest BCUT2D eigenvalue weighted by Crippen LogP contribution is 2.62. The van der Waals surface area contributed by atoms with Gasteiger partial charge in [-0.05, 0) is 42.7 Å². The highest BCUT2D eigenvalue weighted by molar-refractivity contribution is 7.54. The summed E-state index contributed by atoms with van der Waals surface area (Å²) in [5.41, 5.74) is 0.333. The van der Waals surface area contributed by atoms with E-state index in [2.05, 4.69) is 0 Å². The molecule has 21 heavy (non-hydrogen) atoms. The summed E-state index contributed by atoms with van der Waals surface area (Å²) in [5.74, 6) is -0.457. The molecule has 0 radical (unpaired) electrons. The summed E-state index contributed by atoms with van der Waals surface area (Å²) in [4.78, 5) is 11.1. The third-order valence-corrected chi connectivity index (χ3v) is 6.16. The van der Waals surface area contributed by atoms with Crippen LogP contribution in [0.3, 0.4) is 0 Å². The van der Waals surface area contributed by atoms with Crippen LogP contribution in [0.5, 0.6) is 0 Å². The van der Waals surface area contributed by atoms with E-state index in [9.17, 15) is 14.6 Å². The maximum atomic E-state index is 13.0. The average molecular weight is 335 g/mol. The Bertz CT molecular complexity index is 469. The first-order valence-corrected chi connectivity index (χ1v) is 9.38. The van der Waals surface area contributed by atoms with Gasteiger partial charge in [0.05, 0.1) is 18.9 Å². The molecule has 0 bridgehead atoms. The van der Waals surface area contributed by atoms with Crippen LogP contribution in [0.2, 0.25) is 0 Å². The van der Waals surface area contributed by atoms with Crippen molar-refractivity contribution < 1.29 is 23.6 Å². The maximum absolute atomic E-state index is 13.0. The summed E-state index contributed by atoms with van der Waals surface area (Å²) in [5, 5.41) is 13.9. The summed E-state index contributed by atoms with van der Waals surface area (Å²) in [7, 11) is -3.35. The molecule has 0 aliphatic heterocycles. The van der Waals surface area contributed by atoms with Crippen LogP contribution in [0.4, 0.5) is 0 Å². The molecule has 1 unspecified atom stereocenters. The molecule has 0 fully saturated rings. The van der Waals surface area contributed by atoms with Crippen LogP contribution in [-0.4, -0.2) is 35.9 Å². The number of thiophene rings is 1. The average Bonchev–Trinajstić information content (AvgIpc) is 2.92. The largest absolute Gasteiger partial charge is 0.338 e. The molecule has 1 rings (SSSR count). The second-order valence-electron chi connectivity index (χ2n) is 4.38. The van der Waals surface area contributed by atoms with Gasteiger partial charge in [-0.15, -0.1) is 0 Å². The van der Waals surface area contributed by atoms with E-state index in [1.165, 1.54) is 18.3 Å². The number of amides is 1. The van der Waals surface area contributed by atoms with E-state index < -0.39 is 19.2 Å². The van der Waals surface area contributed by atoms with Gasteiger partial charge in [-0.2, -0.15) is 11.3 Å². The fourth-order valence-corrected chi connectivity index (χ4v) is 4.88. The molecule has 0 aliphatic rings. The Morgan fingerprint density at radius 1 is 1.43 bits per heavy atom. The SMILES string of the molecule is CCOP(=O)(OCC)C(CCN(O)C(C)=O)c1ccsc1. The zero-order valence-electron chi connectivity index (χ0n) is 12.5. The quantitative estimate of drug-likeness (QED) is 0.423. The maximum Gasteiger partial charge on any atom is 0.338 e. The highest BCUT2D eigenvalue weighted by Gasteiger charge is 2.37. The van der Waals surface area contributed by atoms with Crippen LogP contribution >= 0.6 is 18.9 Å². The van der Waals surface area contributed by atoms with Crippen molar-refractivity contribution in [3.05, 3.63) is 22.4 Å². The van der Waals surface area contributed by atoms with Gasteiger partial charge in [-0.3, -0.25) is 14.6 Å². The molecular formula is C13H22NO5PS. The zero-order valence-corrected chi connectivity index (χ0v) is 14.2. The van der Waals surface area contributed by atoms with E-state index in [-0.39, 0.29) is 19.8 Å². The number of rotatable bonds is 9. The Morgan fingerprint density at radius 3 is 2.48 bits per heavy atom. The normalized spacial score (nSPS) is 13.1. The van der Waals surface area contributed by atoms with E-state index in [0.29, 0.717) is 11.5 Å². The van der Waals surface area contributed by atoms with Crippen molar-refractivity contribution in [2.45, 2.75) is 32.9 Å². The molecule has 1 N–H and O–H groups in total. The van der Waals surface area contributed by atoms with Gasteiger partial charge >= 0.3 is 7.60 Å². The van der Waals surface area contributed by atoms with Gasteiger partial charge < -0.3 is 9.05 Å². The minimum Gasteiger partial charge on any atom is -0.308 e. The monoisotopic (exact) mass is 335 g/mol. The van der Waals surface area contributed by atoms with E-state index in [1.54, 1.807) is 13.8 Å². The van der Waals surface area contributed by atoms with Gasteiger partial charge in [-0.1, -0.05) is 0 Å². The van der Waals surface area contributed by atoms with Crippen LogP contribution in [0, 0.1) is 0 Å². The number of hydrogen-bond acceptors (Lipinski definition) is 6. The fraction of sp³-hybridized carbons (Fsp3) is 0.615. The number of carbonyl (C=O) groups is 1. The molecule has 1 aromatic heterocycles. The van der Waals surface area contributed by atoms with Crippen LogP contribution in [0.1, 0.15) is 38.4 Å². The van der Waals surface area contributed by atoms with Crippen molar-refractivity contribution in [2.75, 3.05) is 19.8 Å². The Balaban J connectivity index is 2.96. The number of carbonyl (C=O) groups excluding carboxylic acids is 1. The first-order valence-electron chi connectivity index (χ1n) is 6.82. The second-order valence-corrected chi connectivity index (χ2v) is 7.38. The minimum absolute atomic E-state index is 0.0694. The Morgan fingerprint density at radius 2 is 2.05 bits per heavy atom. The molecule has 6 nitrogen and oxygen atoms in total. The molecule has 1 amide bonds. The zero-order chi connectivity index (χ0) is 15.9. The van der Waals surface area contributed by atoms with Crippen molar-refractivity contribution in [1.82, 2.24) is 5.06 Å². The fourth-order valence-electron chi connectivity index (χ4n) is 1.95. The van der Waals surface area contributed by atoms with Crippen molar-refractivity contribution >= 4 is 24.8 Å². The predicted octanol–water partition coefficient (Wildman–Crippen LogP) is 3.68. The summed E-state index contributed by atoms with van der Waals surface area (Å²) in [6, 6.07) is 1.86. The van der Waals surface area contributed by atoms with Gasteiger partial charge in [0.2, 0.25) is 5.91 Å². The van der Waals surface area contributed by atoms with E-state index in [0.717, 1.165) is 5.56 Å². The van der Waals surface area contributed by atoms with Crippen LogP contribution < -0.4 is 0 Å². The van der Waals surface area contributed by atoms with Gasteiger partial charge in [0.25, 0.3) is 0 Å². The van der Waals surface area contributed by atoms with Crippen molar-refractivity contribution in [2.24, 2.45) is 0 Å². The molecule has 0 saturated heterocycles. The van der Waals surface area contributed by atoms with E-state index in [4.69, 9.17) is 9.05 Å². The number of hydrogen-bond donors (Lipinski definition) is 1. The van der Waals surface area contributed by atoms with Gasteiger partial charge in [-0.25, -0.2) is 5.06 Å². The lowest BCUT2D eigenvalue weighted by molar-refractivity contribution is -0.162. The number of hydroxylamine groups is 2. The summed E-state index contributed by atoms with van der Waals surface area (Å²) < 4.78 is 23.8. The molecule has 0 aliphatic carbocycles. The standard InChI is InChI=1S/C13H22NO5PS/c1-4-18-20(17,19-5-2)13(12-7-9-21-10-12)6-8-14(16)11(3)15/h7,9-10,13,16H,4-6,8H2,1-3H3. The summed E-state index contributed by atoms with van der Waals surface area (Å²) in [6.07, 6.45) is 0.296. The van der Waals surface area contributed by atoms with E-state index in [1.807, 2.05) is 16.8 Å². The molecular weight excluding hydrogens is 313 g/mol. The van der Waals surface area contributed by atoms with Gasteiger partial charge in [0.15, 0.2) is 0 Å². The Labute approximate surface area is 129 Å². The molecule has 120 valence electrons. The summed E-state index contributed by atoms with van der Waals surface area (Å²) >= 11 is 1.49. The molecule has 0 spiro atoms. The highest BCUT2D eigenvalue weighted by atomic mass is 32.1. The molecule has 8 heteroatoms. The second kappa shape index (κ2) is 8.66. The predicted molar refractivity (Wildman–Crippen MR) is 81.7 cm³/mol. The first kappa shape index (κ1) is 18.3. The molecule has 1 atom stereocenters. The van der Waals surface area contributed by atoms with Crippen LogP contribution in [0.25, 0.3) is 0 Å². The summed E-state index contributed by atoms with van der Waals surface area (Å²) in [6.45, 7) is 5.39. The van der Waals surface area contributed by atoms with Crippen molar-refractivity contribution in [3.63, 3.8) is 0 Å². The van der Waals surface area contributed by atoms with Gasteiger partial charge in [0, 0.05) is 13.5 Å². The van der Waals surface area contributed by atoms with Crippen LogP contribution in [-0.2, 0) is 18.4 Å². The molecule has 1 heterocycles. The first-order chi connectivity index (χ1) is 9.94. The lowest BCUT2D eigenvalue weighted by Crippen LogP contribution is -2.27. The lowest BCUT2D eigenvalue weighted by atomic mass is 10.2. The van der Waals surface area contributed by atoms with Crippen molar-refractivity contribution in [1.29, 1.82) is 0 Å². The third kappa shape index (κ3) is 5.20. The Kier molecular flexibility index (Phi) is 7.56. The van der Waals surface area contributed by atoms with Gasteiger partial charge in [0.1, 0.15) is 0 Å². The minimum atomic E-state index is -3.35. The molecule has 1 aromatic rings. The molecule has 0 saturated carbocycles.